The standard InChI is InChI=1S/C16H27N3/c1-13-11-14(2)18-16(15(13)12-17-3)19-9-7-5-4-6-8-10-19/h11,17H,4-10,12H2,1-3H3. The molecule has 1 aromatic heterocycles. The molecule has 0 unspecified atom stereocenters. The van der Waals surface area contributed by atoms with E-state index in [-0.39, 0.29) is 0 Å². The average molecular weight is 261 g/mol. The number of pyridine rings is 1. The summed E-state index contributed by atoms with van der Waals surface area (Å²) in [7, 11) is 2.01. The summed E-state index contributed by atoms with van der Waals surface area (Å²) in [4.78, 5) is 7.34. The van der Waals surface area contributed by atoms with Gasteiger partial charge in [-0.15, -0.1) is 0 Å². The Balaban J connectivity index is 2.29. The first-order valence-electron chi connectivity index (χ1n) is 7.59. The van der Waals surface area contributed by atoms with Gasteiger partial charge in [-0.3, -0.25) is 0 Å². The molecule has 1 fully saturated rings. The Hall–Kier alpha value is -1.09. The van der Waals surface area contributed by atoms with Crippen LogP contribution in [0.4, 0.5) is 5.82 Å². The number of nitrogens with one attached hydrogen (secondary N) is 1. The van der Waals surface area contributed by atoms with Gasteiger partial charge in [-0.2, -0.15) is 0 Å². The fourth-order valence-electron chi connectivity index (χ4n) is 2.96. The van der Waals surface area contributed by atoms with E-state index in [1.807, 2.05) is 7.05 Å². The molecular weight excluding hydrogens is 234 g/mol. The number of aromatic nitrogens is 1. The third-order valence-corrected chi connectivity index (χ3v) is 3.96. The molecule has 1 aromatic rings. The Morgan fingerprint density at radius 1 is 1.11 bits per heavy atom. The lowest BCUT2D eigenvalue weighted by atomic mass is 10.1. The lowest BCUT2D eigenvalue weighted by molar-refractivity contribution is 0.551. The summed E-state index contributed by atoms with van der Waals surface area (Å²) in [5.74, 6) is 1.22. The lowest BCUT2D eigenvalue weighted by Crippen LogP contribution is -2.30. The van der Waals surface area contributed by atoms with Crippen LogP contribution in [0.2, 0.25) is 0 Å². The van der Waals surface area contributed by atoms with Crippen LogP contribution in [0.5, 0.6) is 0 Å². The predicted molar refractivity (Wildman–Crippen MR) is 81.8 cm³/mol. The quantitative estimate of drug-likeness (QED) is 0.905. The summed E-state index contributed by atoms with van der Waals surface area (Å²) < 4.78 is 0. The molecule has 0 amide bonds. The van der Waals surface area contributed by atoms with Crippen molar-refractivity contribution in [3.05, 3.63) is 22.9 Å². The summed E-state index contributed by atoms with van der Waals surface area (Å²) in [5.41, 5.74) is 3.86. The molecule has 1 saturated heterocycles. The van der Waals surface area contributed by atoms with Crippen LogP contribution in [0.25, 0.3) is 0 Å². The monoisotopic (exact) mass is 261 g/mol. The van der Waals surface area contributed by atoms with Gasteiger partial charge < -0.3 is 10.2 Å². The molecule has 1 N–H and O–H groups in total. The van der Waals surface area contributed by atoms with Gasteiger partial charge in [0, 0.05) is 30.9 Å². The Bertz CT molecular complexity index is 407. The summed E-state index contributed by atoms with van der Waals surface area (Å²) in [6.07, 6.45) is 6.73. The maximum atomic E-state index is 4.83. The van der Waals surface area contributed by atoms with Crippen molar-refractivity contribution < 1.29 is 0 Å². The van der Waals surface area contributed by atoms with E-state index in [0.29, 0.717) is 0 Å². The van der Waals surface area contributed by atoms with Crippen molar-refractivity contribution in [2.75, 3.05) is 25.0 Å². The number of nitrogens with zero attached hydrogens (tertiary/aromatic N) is 2. The molecular formula is C16H27N3. The number of anilines is 1. The largest absolute Gasteiger partial charge is 0.356 e. The van der Waals surface area contributed by atoms with Crippen LogP contribution >= 0.6 is 0 Å². The molecule has 1 aliphatic heterocycles. The molecule has 2 heterocycles. The molecule has 0 saturated carbocycles. The van der Waals surface area contributed by atoms with Crippen LogP contribution in [0.3, 0.4) is 0 Å². The fraction of sp³-hybridized carbons (Fsp3) is 0.688. The Morgan fingerprint density at radius 2 is 1.74 bits per heavy atom. The van der Waals surface area contributed by atoms with Crippen LogP contribution in [-0.4, -0.2) is 25.1 Å². The highest BCUT2D eigenvalue weighted by Crippen LogP contribution is 2.25. The van der Waals surface area contributed by atoms with Crippen molar-refractivity contribution in [3.63, 3.8) is 0 Å². The van der Waals surface area contributed by atoms with Gasteiger partial charge in [0.05, 0.1) is 0 Å². The molecule has 3 nitrogen and oxygen atoms in total. The molecule has 0 bridgehead atoms. The SMILES string of the molecule is CNCc1c(C)cc(C)nc1N1CCCCCCC1. The van der Waals surface area contributed by atoms with Crippen LogP contribution in [0, 0.1) is 13.8 Å². The van der Waals surface area contributed by atoms with Gasteiger partial charge in [-0.05, 0) is 45.4 Å². The van der Waals surface area contributed by atoms with E-state index in [0.717, 1.165) is 25.3 Å². The number of aryl methyl sites for hydroxylation is 2. The molecule has 19 heavy (non-hydrogen) atoms. The van der Waals surface area contributed by atoms with E-state index in [1.165, 1.54) is 49.0 Å². The van der Waals surface area contributed by atoms with Gasteiger partial charge in [0.25, 0.3) is 0 Å². The van der Waals surface area contributed by atoms with Gasteiger partial charge in [-0.25, -0.2) is 4.98 Å². The Kier molecular flexibility index (Phi) is 5.20. The summed E-state index contributed by atoms with van der Waals surface area (Å²) in [6.45, 7) is 7.53. The Morgan fingerprint density at radius 3 is 2.37 bits per heavy atom. The van der Waals surface area contributed by atoms with E-state index in [4.69, 9.17) is 4.98 Å². The molecule has 0 atom stereocenters. The highest BCUT2D eigenvalue weighted by Gasteiger charge is 2.16. The van der Waals surface area contributed by atoms with Crippen molar-refractivity contribution in [3.8, 4) is 0 Å². The molecule has 2 rings (SSSR count). The maximum absolute atomic E-state index is 4.83. The molecule has 3 heteroatoms. The van der Waals surface area contributed by atoms with Crippen LogP contribution < -0.4 is 10.2 Å². The second-order valence-corrected chi connectivity index (χ2v) is 5.67. The normalized spacial score (nSPS) is 17.1. The summed E-state index contributed by atoms with van der Waals surface area (Å²) >= 11 is 0. The predicted octanol–water partition coefficient (Wildman–Crippen LogP) is 3.19. The second-order valence-electron chi connectivity index (χ2n) is 5.67. The zero-order chi connectivity index (χ0) is 13.7. The lowest BCUT2D eigenvalue weighted by Gasteiger charge is -2.29. The van der Waals surface area contributed by atoms with Crippen molar-refractivity contribution in [1.29, 1.82) is 0 Å². The second kappa shape index (κ2) is 6.90. The topological polar surface area (TPSA) is 28.2 Å². The fourth-order valence-corrected chi connectivity index (χ4v) is 2.96. The summed E-state index contributed by atoms with van der Waals surface area (Å²) in [6, 6.07) is 2.19. The highest BCUT2D eigenvalue weighted by molar-refractivity contribution is 5.51. The number of hydrogen-bond acceptors (Lipinski definition) is 3. The van der Waals surface area contributed by atoms with Gasteiger partial charge in [0.15, 0.2) is 0 Å². The molecule has 0 radical (unpaired) electrons. The van der Waals surface area contributed by atoms with Crippen LogP contribution in [0.15, 0.2) is 6.07 Å². The third kappa shape index (κ3) is 3.69. The minimum Gasteiger partial charge on any atom is -0.356 e. The van der Waals surface area contributed by atoms with Crippen molar-refractivity contribution in [2.45, 2.75) is 52.5 Å². The van der Waals surface area contributed by atoms with Crippen LogP contribution in [-0.2, 0) is 6.54 Å². The minimum absolute atomic E-state index is 0.908. The number of rotatable bonds is 3. The summed E-state index contributed by atoms with van der Waals surface area (Å²) in [5, 5.41) is 3.29. The van der Waals surface area contributed by atoms with Crippen molar-refractivity contribution >= 4 is 5.82 Å². The first-order chi connectivity index (χ1) is 9.22. The first kappa shape index (κ1) is 14.3. The molecule has 0 spiro atoms. The molecule has 0 aromatic carbocycles. The minimum atomic E-state index is 0.908. The number of hydrogen-bond donors (Lipinski definition) is 1. The zero-order valence-corrected chi connectivity index (χ0v) is 12.6. The van der Waals surface area contributed by atoms with Crippen molar-refractivity contribution in [1.82, 2.24) is 10.3 Å². The average Bonchev–Trinajstić information content (AvgIpc) is 2.32. The van der Waals surface area contributed by atoms with E-state index < -0.39 is 0 Å². The van der Waals surface area contributed by atoms with E-state index in [9.17, 15) is 0 Å². The van der Waals surface area contributed by atoms with Crippen molar-refractivity contribution in [2.24, 2.45) is 0 Å². The van der Waals surface area contributed by atoms with Gasteiger partial charge in [0.2, 0.25) is 0 Å². The van der Waals surface area contributed by atoms with Gasteiger partial charge in [0.1, 0.15) is 5.82 Å². The van der Waals surface area contributed by atoms with E-state index in [1.54, 1.807) is 0 Å². The van der Waals surface area contributed by atoms with Crippen LogP contribution in [0.1, 0.15) is 48.9 Å². The molecule has 0 aliphatic carbocycles. The van der Waals surface area contributed by atoms with E-state index >= 15 is 0 Å². The maximum Gasteiger partial charge on any atom is 0.133 e. The van der Waals surface area contributed by atoms with Gasteiger partial charge >= 0.3 is 0 Å². The first-order valence-corrected chi connectivity index (χ1v) is 7.59. The van der Waals surface area contributed by atoms with Gasteiger partial charge in [-0.1, -0.05) is 19.3 Å². The third-order valence-electron chi connectivity index (χ3n) is 3.96. The van der Waals surface area contributed by atoms with E-state index in [2.05, 4.69) is 30.1 Å². The highest BCUT2D eigenvalue weighted by atomic mass is 15.2. The zero-order valence-electron chi connectivity index (χ0n) is 12.6. The molecule has 106 valence electrons. The molecule has 1 aliphatic rings. The smallest absolute Gasteiger partial charge is 0.133 e. The Labute approximate surface area is 117 Å².